The molecule has 5 rings (SSSR count). The van der Waals surface area contributed by atoms with Gasteiger partial charge in [-0.2, -0.15) is 0 Å². The average Bonchev–Trinajstić information content (AvgIpc) is 3.16. The Kier molecular flexibility index (Phi) is 7.19. The second-order valence-corrected chi connectivity index (χ2v) is 8.38. The molecular weight excluding hydrogens is 479 g/mol. The third kappa shape index (κ3) is 5.87. The van der Waals surface area contributed by atoms with Crippen molar-refractivity contribution < 1.29 is 4.79 Å². The van der Waals surface area contributed by atoms with Gasteiger partial charge in [0.25, 0.3) is 5.91 Å². The van der Waals surface area contributed by atoms with Gasteiger partial charge in [-0.25, -0.2) is 15.0 Å². The van der Waals surface area contributed by atoms with Crippen LogP contribution in [-0.4, -0.2) is 26.0 Å². The minimum atomic E-state index is -0.185. The third-order valence-corrected chi connectivity index (χ3v) is 5.84. The van der Waals surface area contributed by atoms with Crippen LogP contribution in [0.2, 0.25) is 10.3 Å². The van der Waals surface area contributed by atoms with Gasteiger partial charge in [-0.3, -0.25) is 9.78 Å². The van der Waals surface area contributed by atoms with Crippen LogP contribution in [0, 0.1) is 0 Å². The molecule has 0 saturated carbocycles. The lowest BCUT2D eigenvalue weighted by atomic mass is 10.1. The summed E-state index contributed by atoms with van der Waals surface area (Å²) in [6.45, 7) is 0. The molecule has 7 nitrogen and oxygen atoms in total. The second kappa shape index (κ2) is 10.4. The van der Waals surface area contributed by atoms with Gasteiger partial charge in [0.05, 0.1) is 16.1 Å². The SMILES string of the molecule is Nc1cccnc1Cl.O=C1NC(=Nc2cccnc2Cl)S/C1=C\c1ccc2ncccc2c1. The number of carbonyl (C=O) groups excluding carboxylic acids is 1. The van der Waals surface area contributed by atoms with E-state index in [2.05, 4.69) is 25.3 Å². The fourth-order valence-corrected chi connectivity index (χ4v) is 3.90. The molecule has 1 aliphatic rings. The van der Waals surface area contributed by atoms with Crippen molar-refractivity contribution in [3.8, 4) is 0 Å². The van der Waals surface area contributed by atoms with Crippen LogP contribution in [0.5, 0.6) is 0 Å². The molecule has 0 radical (unpaired) electrons. The molecule has 0 aliphatic carbocycles. The van der Waals surface area contributed by atoms with Crippen molar-refractivity contribution in [3.63, 3.8) is 0 Å². The van der Waals surface area contributed by atoms with Gasteiger partial charge in [-0.15, -0.1) is 0 Å². The monoisotopic (exact) mass is 494 g/mol. The minimum absolute atomic E-state index is 0.185. The van der Waals surface area contributed by atoms with Crippen LogP contribution in [0.3, 0.4) is 0 Å². The smallest absolute Gasteiger partial charge is 0.264 e. The molecule has 4 aromatic rings. The number of aromatic nitrogens is 3. The number of rotatable bonds is 2. The Morgan fingerprint density at radius 2 is 1.67 bits per heavy atom. The Labute approximate surface area is 203 Å². The van der Waals surface area contributed by atoms with Crippen LogP contribution in [-0.2, 0) is 4.79 Å². The molecule has 0 bridgehead atoms. The Hall–Kier alpha value is -3.46. The van der Waals surface area contributed by atoms with Crippen LogP contribution in [0.1, 0.15) is 5.56 Å². The molecule has 1 aromatic carbocycles. The van der Waals surface area contributed by atoms with Crippen molar-refractivity contribution in [2.75, 3.05) is 5.73 Å². The van der Waals surface area contributed by atoms with Gasteiger partial charge < -0.3 is 11.1 Å². The number of thioether (sulfide) groups is 1. The van der Waals surface area contributed by atoms with E-state index in [1.54, 1.807) is 42.9 Å². The summed E-state index contributed by atoms with van der Waals surface area (Å²) in [7, 11) is 0. The number of nitrogens with one attached hydrogen (secondary N) is 1. The number of benzene rings is 1. The first kappa shape index (κ1) is 22.7. The molecule has 4 heterocycles. The second-order valence-electron chi connectivity index (χ2n) is 6.63. The zero-order valence-corrected chi connectivity index (χ0v) is 19.3. The number of fused-ring (bicyclic) bond motifs is 1. The predicted molar refractivity (Wildman–Crippen MR) is 135 cm³/mol. The number of amidine groups is 1. The molecule has 1 fully saturated rings. The number of nitrogens with two attached hydrogens (primary N) is 1. The molecule has 0 atom stereocenters. The maximum atomic E-state index is 12.2. The Bertz CT molecular complexity index is 1370. The first-order chi connectivity index (χ1) is 16.0. The number of carbonyl (C=O) groups is 1. The summed E-state index contributed by atoms with van der Waals surface area (Å²) >= 11 is 12.7. The van der Waals surface area contributed by atoms with Gasteiger partial charge in [0, 0.05) is 24.0 Å². The van der Waals surface area contributed by atoms with Crippen LogP contribution in [0.25, 0.3) is 17.0 Å². The molecule has 33 heavy (non-hydrogen) atoms. The highest BCUT2D eigenvalue weighted by atomic mass is 35.5. The van der Waals surface area contributed by atoms with E-state index >= 15 is 0 Å². The number of amides is 1. The predicted octanol–water partition coefficient (Wildman–Crippen LogP) is 5.49. The van der Waals surface area contributed by atoms with Crippen molar-refractivity contribution in [2.45, 2.75) is 0 Å². The zero-order valence-electron chi connectivity index (χ0n) is 16.9. The standard InChI is InChI=1S/C18H11ClN4OS.C5H5ClN2/c19-16-14(4-2-8-21-16)22-18-23-17(24)15(25-18)10-11-5-6-13-12(9-11)3-1-7-20-13;6-5-4(7)2-1-3-8-5/h1-10H,(H,22,23,24);1-3H,7H2/b15-10-;. The lowest BCUT2D eigenvalue weighted by Crippen LogP contribution is -2.19. The summed E-state index contributed by atoms with van der Waals surface area (Å²) in [5.74, 6) is -0.185. The van der Waals surface area contributed by atoms with E-state index in [-0.39, 0.29) is 5.91 Å². The van der Waals surface area contributed by atoms with Crippen molar-refractivity contribution >= 4 is 74.4 Å². The number of nitrogen functional groups attached to an aromatic ring is 1. The molecule has 0 spiro atoms. The van der Waals surface area contributed by atoms with E-state index in [4.69, 9.17) is 28.9 Å². The quantitative estimate of drug-likeness (QED) is 0.281. The highest BCUT2D eigenvalue weighted by Crippen LogP contribution is 2.30. The first-order valence-corrected chi connectivity index (χ1v) is 11.2. The number of hydrogen-bond acceptors (Lipinski definition) is 7. The fourth-order valence-electron chi connectivity index (χ4n) is 2.78. The number of halogens is 2. The third-order valence-electron chi connectivity index (χ3n) is 4.33. The lowest BCUT2D eigenvalue weighted by Gasteiger charge is -1.99. The molecule has 164 valence electrons. The van der Waals surface area contributed by atoms with Crippen molar-refractivity contribution in [1.29, 1.82) is 0 Å². The number of anilines is 1. The average molecular weight is 495 g/mol. The summed E-state index contributed by atoms with van der Waals surface area (Å²) in [6.07, 6.45) is 6.78. The van der Waals surface area contributed by atoms with Crippen molar-refractivity contribution in [1.82, 2.24) is 20.3 Å². The zero-order chi connectivity index (χ0) is 23.2. The summed E-state index contributed by atoms with van der Waals surface area (Å²) in [5.41, 5.74) is 8.21. The Balaban J connectivity index is 0.000000275. The summed E-state index contributed by atoms with van der Waals surface area (Å²) in [4.78, 5) is 29.1. The van der Waals surface area contributed by atoms with Crippen molar-refractivity contribution in [2.24, 2.45) is 4.99 Å². The highest BCUT2D eigenvalue weighted by Gasteiger charge is 2.24. The van der Waals surface area contributed by atoms with Crippen molar-refractivity contribution in [3.05, 3.63) is 94.0 Å². The molecule has 3 N–H and O–H groups in total. The van der Waals surface area contributed by atoms with Gasteiger partial charge in [-0.05, 0) is 65.9 Å². The van der Waals surface area contributed by atoms with Crippen LogP contribution < -0.4 is 11.1 Å². The fraction of sp³-hybridized carbons (Fsp3) is 0. The molecule has 10 heteroatoms. The highest BCUT2D eigenvalue weighted by molar-refractivity contribution is 8.18. The van der Waals surface area contributed by atoms with E-state index in [9.17, 15) is 4.79 Å². The lowest BCUT2D eigenvalue weighted by molar-refractivity contribution is -0.115. The number of nitrogens with zero attached hydrogens (tertiary/aromatic N) is 4. The Morgan fingerprint density at radius 1 is 0.939 bits per heavy atom. The number of aliphatic imine (C=N–C) groups is 1. The van der Waals surface area contributed by atoms with Crippen LogP contribution in [0.15, 0.2) is 83.1 Å². The molecule has 1 saturated heterocycles. The molecule has 1 amide bonds. The van der Waals surface area contributed by atoms with Gasteiger partial charge in [0.1, 0.15) is 5.69 Å². The van der Waals surface area contributed by atoms with E-state index < -0.39 is 0 Å². The summed E-state index contributed by atoms with van der Waals surface area (Å²) < 4.78 is 0. The van der Waals surface area contributed by atoms with E-state index in [1.165, 1.54) is 11.8 Å². The normalized spacial score (nSPS) is 15.4. The number of pyridine rings is 3. The molecule has 3 aromatic heterocycles. The topological polar surface area (TPSA) is 106 Å². The van der Waals surface area contributed by atoms with Gasteiger partial charge in [0.2, 0.25) is 0 Å². The van der Waals surface area contributed by atoms with Gasteiger partial charge >= 0.3 is 0 Å². The van der Waals surface area contributed by atoms with Gasteiger partial charge in [0.15, 0.2) is 15.5 Å². The van der Waals surface area contributed by atoms with Crippen LogP contribution in [0.4, 0.5) is 11.4 Å². The van der Waals surface area contributed by atoms with Crippen LogP contribution >= 0.6 is 35.0 Å². The Morgan fingerprint density at radius 3 is 2.39 bits per heavy atom. The summed E-state index contributed by atoms with van der Waals surface area (Å²) in [6, 6.07) is 16.7. The first-order valence-electron chi connectivity index (χ1n) is 9.60. The van der Waals surface area contributed by atoms with E-state index in [1.807, 2.05) is 36.4 Å². The maximum Gasteiger partial charge on any atom is 0.264 e. The largest absolute Gasteiger partial charge is 0.396 e. The maximum absolute atomic E-state index is 12.2. The molecular formula is C23H16Cl2N6OS. The number of hydrogen-bond donors (Lipinski definition) is 2. The summed E-state index contributed by atoms with van der Waals surface area (Å²) in [5, 5.41) is 4.91. The van der Waals surface area contributed by atoms with Gasteiger partial charge in [-0.1, -0.05) is 35.3 Å². The van der Waals surface area contributed by atoms with E-state index in [0.29, 0.717) is 31.8 Å². The molecule has 0 unspecified atom stereocenters. The minimum Gasteiger partial charge on any atom is -0.396 e. The van der Waals surface area contributed by atoms with E-state index in [0.717, 1.165) is 16.5 Å². The molecule has 1 aliphatic heterocycles.